The zero-order valence-corrected chi connectivity index (χ0v) is 13.2. The van der Waals surface area contributed by atoms with Gasteiger partial charge in [-0.2, -0.15) is 0 Å². The molecule has 0 aliphatic heterocycles. The molecule has 2 aromatic rings. The topological polar surface area (TPSA) is 33.2 Å². The van der Waals surface area contributed by atoms with Crippen molar-refractivity contribution >= 4 is 45.2 Å². The van der Waals surface area contributed by atoms with Gasteiger partial charge in [0.25, 0.3) is 0 Å². The van der Waals surface area contributed by atoms with E-state index >= 15 is 0 Å². The first kappa shape index (κ1) is 14.5. The summed E-state index contributed by atoms with van der Waals surface area (Å²) < 4.78 is 0. The average molecular weight is 315 g/mol. The average Bonchev–Trinajstić information content (AvgIpc) is 3.07. The Bertz CT molecular complexity index is 539. The van der Waals surface area contributed by atoms with Crippen LogP contribution in [0.15, 0.2) is 22.9 Å². The molecule has 2 aromatic heterocycles. The number of Topliss-reactive ketones (excluding diaryl/α,β-unsaturated/α-hetero) is 1. The molecule has 0 N–H and O–H groups in total. The summed E-state index contributed by atoms with van der Waals surface area (Å²) >= 11 is 8.78. The van der Waals surface area contributed by atoms with Crippen molar-refractivity contribution in [3.8, 4) is 0 Å². The summed E-state index contributed by atoms with van der Waals surface area (Å²) in [5.41, 5.74) is 0.463. The summed E-state index contributed by atoms with van der Waals surface area (Å²) in [6.45, 7) is 2.16. The lowest BCUT2D eigenvalue weighted by molar-refractivity contribution is 0.101. The molecule has 0 bridgehead atoms. The molecule has 1 unspecified atom stereocenters. The number of thiazole rings is 1. The number of thiophene rings is 1. The van der Waals surface area contributed by atoms with Crippen LogP contribution in [0.1, 0.15) is 22.3 Å². The fourth-order valence-corrected chi connectivity index (χ4v) is 3.53. The highest BCUT2D eigenvalue weighted by atomic mass is 35.5. The second-order valence-electron chi connectivity index (χ2n) is 4.32. The summed E-state index contributed by atoms with van der Waals surface area (Å²) in [5, 5.41) is 4.72. The van der Waals surface area contributed by atoms with Crippen molar-refractivity contribution in [3.63, 3.8) is 0 Å². The Morgan fingerprint density at radius 3 is 2.95 bits per heavy atom. The van der Waals surface area contributed by atoms with Gasteiger partial charge in [-0.3, -0.25) is 4.79 Å². The lowest BCUT2D eigenvalue weighted by Crippen LogP contribution is -2.30. The van der Waals surface area contributed by atoms with Gasteiger partial charge in [0.2, 0.25) is 0 Å². The van der Waals surface area contributed by atoms with E-state index in [0.29, 0.717) is 11.7 Å². The highest BCUT2D eigenvalue weighted by Crippen LogP contribution is 2.23. The first-order valence-corrected chi connectivity index (χ1v) is 8.21. The minimum absolute atomic E-state index is 0.0162. The fourth-order valence-electron chi connectivity index (χ4n) is 1.67. The molecule has 2 heterocycles. The van der Waals surface area contributed by atoms with Crippen LogP contribution in [0.4, 0.5) is 5.13 Å². The Kier molecular flexibility index (Phi) is 4.96. The van der Waals surface area contributed by atoms with E-state index in [0.717, 1.165) is 11.6 Å². The molecular formula is C13H15ClN2OS2. The number of halogens is 1. The molecule has 0 aliphatic rings. The maximum Gasteiger partial charge on any atom is 0.196 e. The Balaban J connectivity index is 2.04. The van der Waals surface area contributed by atoms with Gasteiger partial charge >= 0.3 is 0 Å². The number of aromatic nitrogens is 1. The van der Waals surface area contributed by atoms with E-state index in [9.17, 15) is 4.79 Å². The summed E-state index contributed by atoms with van der Waals surface area (Å²) in [4.78, 5) is 19.3. The zero-order valence-electron chi connectivity index (χ0n) is 10.8. The molecule has 0 amide bonds. The molecule has 0 aromatic carbocycles. The third kappa shape index (κ3) is 3.55. The van der Waals surface area contributed by atoms with Crippen LogP contribution >= 0.6 is 34.3 Å². The van der Waals surface area contributed by atoms with Crippen molar-refractivity contribution in [2.45, 2.75) is 19.4 Å². The molecule has 6 heteroatoms. The van der Waals surface area contributed by atoms with Crippen LogP contribution in [0.2, 0.25) is 0 Å². The predicted octanol–water partition coefficient (Wildman–Crippen LogP) is 3.69. The van der Waals surface area contributed by atoms with Gasteiger partial charge in [0.05, 0.1) is 5.88 Å². The van der Waals surface area contributed by atoms with E-state index in [-0.39, 0.29) is 11.7 Å². The number of carbonyl (C=O) groups is 1. The van der Waals surface area contributed by atoms with Gasteiger partial charge in [-0.25, -0.2) is 4.98 Å². The number of carbonyl (C=O) groups excluding carboxylic acids is 1. The fraction of sp³-hybridized carbons (Fsp3) is 0.385. The maximum absolute atomic E-state index is 11.5. The van der Waals surface area contributed by atoms with E-state index in [4.69, 9.17) is 11.6 Å². The van der Waals surface area contributed by atoms with Crippen molar-refractivity contribution in [2.75, 3.05) is 17.8 Å². The van der Waals surface area contributed by atoms with E-state index in [2.05, 4.69) is 34.3 Å². The van der Waals surface area contributed by atoms with Crippen LogP contribution in [-0.4, -0.2) is 29.7 Å². The minimum atomic E-state index is -0.122. The Hall–Kier alpha value is -0.910. The van der Waals surface area contributed by atoms with Crippen molar-refractivity contribution in [1.29, 1.82) is 0 Å². The Morgan fingerprint density at radius 2 is 2.32 bits per heavy atom. The summed E-state index contributed by atoms with van der Waals surface area (Å²) in [7, 11) is 2.01. The van der Waals surface area contributed by atoms with Crippen molar-refractivity contribution in [2.24, 2.45) is 0 Å². The van der Waals surface area contributed by atoms with E-state index in [1.54, 1.807) is 16.7 Å². The molecule has 102 valence electrons. The van der Waals surface area contributed by atoms with Crippen LogP contribution < -0.4 is 4.90 Å². The number of hydrogen-bond acceptors (Lipinski definition) is 5. The largest absolute Gasteiger partial charge is 0.348 e. The highest BCUT2D eigenvalue weighted by molar-refractivity contribution is 7.14. The SMILES string of the molecule is CC(Cc1cccs1)N(C)c1nc(C(=O)CCl)cs1. The lowest BCUT2D eigenvalue weighted by atomic mass is 10.2. The number of nitrogens with zero attached hydrogens (tertiary/aromatic N) is 2. The summed E-state index contributed by atoms with van der Waals surface area (Å²) in [6, 6.07) is 4.54. The summed E-state index contributed by atoms with van der Waals surface area (Å²) in [5.74, 6) is -0.138. The third-order valence-electron chi connectivity index (χ3n) is 2.94. The molecular weight excluding hydrogens is 300 g/mol. The van der Waals surface area contributed by atoms with Crippen LogP contribution in [0.25, 0.3) is 0 Å². The zero-order chi connectivity index (χ0) is 13.8. The second kappa shape index (κ2) is 6.50. The van der Waals surface area contributed by atoms with Gasteiger partial charge in [0.1, 0.15) is 5.69 Å². The number of likely N-dealkylation sites (N-methyl/N-ethyl adjacent to an activating group) is 1. The second-order valence-corrected chi connectivity index (χ2v) is 6.45. The Labute approximate surface area is 125 Å². The third-order valence-corrected chi connectivity index (χ3v) is 5.01. The molecule has 0 aliphatic carbocycles. The molecule has 0 saturated heterocycles. The van der Waals surface area contributed by atoms with Gasteiger partial charge < -0.3 is 4.90 Å². The smallest absolute Gasteiger partial charge is 0.196 e. The number of rotatable bonds is 6. The van der Waals surface area contributed by atoms with Crippen LogP contribution in [0, 0.1) is 0 Å². The molecule has 2 rings (SSSR count). The lowest BCUT2D eigenvalue weighted by Gasteiger charge is -2.23. The molecule has 0 spiro atoms. The standard InChI is InChI=1S/C13H15ClN2OS2/c1-9(6-10-4-3-5-18-10)16(2)13-15-11(8-19-13)12(17)7-14/h3-5,8-9H,6-7H2,1-2H3. The van der Waals surface area contributed by atoms with Gasteiger partial charge in [0.15, 0.2) is 10.9 Å². The first-order valence-electron chi connectivity index (χ1n) is 5.91. The van der Waals surface area contributed by atoms with Gasteiger partial charge in [0, 0.05) is 29.8 Å². The van der Waals surface area contributed by atoms with E-state index in [1.807, 2.05) is 7.05 Å². The number of anilines is 1. The molecule has 1 atom stereocenters. The normalized spacial score (nSPS) is 12.4. The summed E-state index contributed by atoms with van der Waals surface area (Å²) in [6.07, 6.45) is 0.979. The van der Waals surface area contributed by atoms with Gasteiger partial charge in [-0.05, 0) is 18.4 Å². The molecule has 0 fully saturated rings. The van der Waals surface area contributed by atoms with E-state index < -0.39 is 0 Å². The number of hydrogen-bond donors (Lipinski definition) is 0. The quantitative estimate of drug-likeness (QED) is 0.602. The highest BCUT2D eigenvalue weighted by Gasteiger charge is 2.16. The van der Waals surface area contributed by atoms with Crippen molar-refractivity contribution in [3.05, 3.63) is 33.5 Å². The van der Waals surface area contributed by atoms with Gasteiger partial charge in [-0.15, -0.1) is 34.3 Å². The van der Waals surface area contributed by atoms with Crippen molar-refractivity contribution < 1.29 is 4.79 Å². The van der Waals surface area contributed by atoms with E-state index in [1.165, 1.54) is 16.2 Å². The van der Waals surface area contributed by atoms with Gasteiger partial charge in [-0.1, -0.05) is 6.07 Å². The molecule has 3 nitrogen and oxygen atoms in total. The van der Waals surface area contributed by atoms with Crippen LogP contribution in [0.5, 0.6) is 0 Å². The van der Waals surface area contributed by atoms with Crippen LogP contribution in [-0.2, 0) is 6.42 Å². The molecule has 0 saturated carbocycles. The maximum atomic E-state index is 11.5. The Morgan fingerprint density at radius 1 is 1.53 bits per heavy atom. The molecule has 0 radical (unpaired) electrons. The first-order chi connectivity index (χ1) is 9.11. The van der Waals surface area contributed by atoms with Crippen LogP contribution in [0.3, 0.4) is 0 Å². The monoisotopic (exact) mass is 314 g/mol. The molecule has 19 heavy (non-hydrogen) atoms. The minimum Gasteiger partial charge on any atom is -0.348 e. The number of alkyl halides is 1. The number of ketones is 1. The van der Waals surface area contributed by atoms with Crippen molar-refractivity contribution in [1.82, 2.24) is 4.98 Å². The predicted molar refractivity (Wildman–Crippen MR) is 83.1 cm³/mol.